The summed E-state index contributed by atoms with van der Waals surface area (Å²) in [7, 11) is 0. The summed E-state index contributed by atoms with van der Waals surface area (Å²) in [6.45, 7) is 0.215. The van der Waals surface area contributed by atoms with Crippen LogP contribution in [0, 0.1) is 0 Å². The van der Waals surface area contributed by atoms with E-state index < -0.39 is 0 Å². The molecular formula is C17H15N3O3. The lowest BCUT2D eigenvalue weighted by molar-refractivity contribution is 0.0643. The van der Waals surface area contributed by atoms with E-state index in [-0.39, 0.29) is 24.8 Å². The van der Waals surface area contributed by atoms with Crippen LogP contribution in [0.3, 0.4) is 0 Å². The minimum atomic E-state index is 0.0466. The smallest absolute Gasteiger partial charge is 0.254 e. The first-order valence-corrected chi connectivity index (χ1v) is 7.82. The van der Waals surface area contributed by atoms with Crippen LogP contribution in [0.1, 0.15) is 40.5 Å². The molecule has 6 heteroatoms. The normalized spacial score (nSPS) is 23.7. The van der Waals surface area contributed by atoms with Crippen LogP contribution in [0.15, 0.2) is 30.7 Å². The predicted molar refractivity (Wildman–Crippen MR) is 80.2 cm³/mol. The van der Waals surface area contributed by atoms with Crippen LogP contribution in [0.4, 0.5) is 0 Å². The second kappa shape index (κ2) is 4.68. The number of nitrogens with zero attached hydrogens (tertiary/aromatic N) is 3. The number of fused-ring (bicyclic) bond motifs is 5. The van der Waals surface area contributed by atoms with Gasteiger partial charge in [0.05, 0.1) is 11.7 Å². The van der Waals surface area contributed by atoms with E-state index in [1.54, 1.807) is 18.5 Å². The van der Waals surface area contributed by atoms with Crippen LogP contribution < -0.4 is 9.47 Å². The third-order valence-corrected chi connectivity index (χ3v) is 4.97. The highest BCUT2D eigenvalue weighted by Crippen LogP contribution is 2.44. The number of ether oxygens (including phenoxy) is 2. The van der Waals surface area contributed by atoms with Gasteiger partial charge >= 0.3 is 0 Å². The van der Waals surface area contributed by atoms with E-state index >= 15 is 0 Å². The Morgan fingerprint density at radius 3 is 3.09 bits per heavy atom. The Labute approximate surface area is 133 Å². The molecule has 116 valence electrons. The number of hydrogen-bond acceptors (Lipinski definition) is 5. The molecule has 3 aliphatic heterocycles. The number of amides is 1. The van der Waals surface area contributed by atoms with Gasteiger partial charge in [0.2, 0.25) is 6.79 Å². The fourth-order valence-corrected chi connectivity index (χ4v) is 3.91. The summed E-state index contributed by atoms with van der Waals surface area (Å²) < 4.78 is 10.7. The van der Waals surface area contributed by atoms with E-state index in [1.807, 2.05) is 17.2 Å². The van der Waals surface area contributed by atoms with Crippen molar-refractivity contribution < 1.29 is 14.3 Å². The molecule has 1 aromatic carbocycles. The lowest BCUT2D eigenvalue weighted by Crippen LogP contribution is -2.42. The first-order chi connectivity index (χ1) is 11.3. The molecule has 3 aliphatic rings. The Morgan fingerprint density at radius 2 is 2.13 bits per heavy atom. The van der Waals surface area contributed by atoms with Crippen molar-refractivity contribution in [2.24, 2.45) is 0 Å². The fraction of sp³-hybridized carbons (Fsp3) is 0.353. The van der Waals surface area contributed by atoms with Crippen LogP contribution in [0.5, 0.6) is 11.5 Å². The van der Waals surface area contributed by atoms with Gasteiger partial charge in [-0.3, -0.25) is 4.79 Å². The topological polar surface area (TPSA) is 64.6 Å². The SMILES string of the molecule is O=C(c1ccc2c(c1)OCO2)N1C2CCC1c1cncnc1C2. The zero-order chi connectivity index (χ0) is 15.4. The minimum absolute atomic E-state index is 0.0466. The lowest BCUT2D eigenvalue weighted by Gasteiger charge is -2.35. The van der Waals surface area contributed by atoms with Crippen molar-refractivity contribution >= 4 is 5.91 Å². The third-order valence-electron chi connectivity index (χ3n) is 4.97. The molecule has 0 spiro atoms. The highest BCUT2D eigenvalue weighted by molar-refractivity contribution is 5.96. The van der Waals surface area contributed by atoms with Crippen LogP contribution in [0.25, 0.3) is 0 Å². The maximum atomic E-state index is 13.1. The maximum absolute atomic E-state index is 13.1. The van der Waals surface area contributed by atoms with Gasteiger partial charge in [-0.15, -0.1) is 0 Å². The van der Waals surface area contributed by atoms with E-state index in [1.165, 1.54) is 0 Å². The largest absolute Gasteiger partial charge is 0.454 e. The molecule has 2 bridgehead atoms. The second-order valence-corrected chi connectivity index (χ2v) is 6.16. The predicted octanol–water partition coefficient (Wildman–Crippen LogP) is 2.11. The van der Waals surface area contributed by atoms with Gasteiger partial charge in [-0.25, -0.2) is 9.97 Å². The quantitative estimate of drug-likeness (QED) is 0.807. The summed E-state index contributed by atoms with van der Waals surface area (Å²) in [5.74, 6) is 1.39. The monoisotopic (exact) mass is 309 g/mol. The highest BCUT2D eigenvalue weighted by Gasteiger charge is 2.43. The van der Waals surface area contributed by atoms with E-state index in [0.717, 1.165) is 30.5 Å². The minimum Gasteiger partial charge on any atom is -0.454 e. The lowest BCUT2D eigenvalue weighted by atomic mass is 9.98. The van der Waals surface area contributed by atoms with Gasteiger partial charge in [-0.1, -0.05) is 0 Å². The summed E-state index contributed by atoms with van der Waals surface area (Å²) in [6.07, 6.45) is 6.24. The van der Waals surface area contributed by atoms with Crippen molar-refractivity contribution in [2.75, 3.05) is 6.79 Å². The van der Waals surface area contributed by atoms with Crippen LogP contribution >= 0.6 is 0 Å². The molecule has 0 N–H and O–H groups in total. The van der Waals surface area contributed by atoms with Crippen molar-refractivity contribution in [2.45, 2.75) is 31.3 Å². The maximum Gasteiger partial charge on any atom is 0.254 e. The van der Waals surface area contributed by atoms with Crippen molar-refractivity contribution in [3.63, 3.8) is 0 Å². The molecule has 1 aromatic heterocycles. The number of rotatable bonds is 1. The first-order valence-electron chi connectivity index (χ1n) is 7.82. The van der Waals surface area contributed by atoms with Gasteiger partial charge in [-0.2, -0.15) is 0 Å². The Kier molecular flexibility index (Phi) is 2.62. The van der Waals surface area contributed by atoms with Crippen LogP contribution in [0.2, 0.25) is 0 Å². The average Bonchev–Trinajstić information content (AvgIpc) is 3.17. The van der Waals surface area contributed by atoms with Crippen molar-refractivity contribution in [1.82, 2.24) is 14.9 Å². The van der Waals surface area contributed by atoms with Crippen LogP contribution in [-0.2, 0) is 6.42 Å². The highest BCUT2D eigenvalue weighted by atomic mass is 16.7. The molecule has 5 rings (SSSR count). The number of carbonyl (C=O) groups excluding carboxylic acids is 1. The number of hydrogen-bond donors (Lipinski definition) is 0. The number of aromatic nitrogens is 2. The summed E-state index contributed by atoms with van der Waals surface area (Å²) in [5.41, 5.74) is 2.82. The zero-order valence-corrected chi connectivity index (χ0v) is 12.4. The Balaban J connectivity index is 1.52. The molecule has 0 aliphatic carbocycles. The van der Waals surface area contributed by atoms with Gasteiger partial charge in [0.1, 0.15) is 6.33 Å². The van der Waals surface area contributed by atoms with Gasteiger partial charge < -0.3 is 14.4 Å². The van der Waals surface area contributed by atoms with Gasteiger partial charge in [-0.05, 0) is 31.0 Å². The van der Waals surface area contributed by atoms with Crippen LogP contribution in [-0.4, -0.2) is 33.6 Å². The molecular weight excluding hydrogens is 294 g/mol. The molecule has 23 heavy (non-hydrogen) atoms. The molecule has 0 radical (unpaired) electrons. The zero-order valence-electron chi connectivity index (χ0n) is 12.4. The number of benzene rings is 1. The Hall–Kier alpha value is -2.63. The molecule has 1 saturated heterocycles. The first kappa shape index (κ1) is 12.9. The second-order valence-electron chi connectivity index (χ2n) is 6.16. The molecule has 4 heterocycles. The fourth-order valence-electron chi connectivity index (χ4n) is 3.91. The standard InChI is InChI=1S/C17H15N3O3/c21-17(10-1-4-15-16(5-10)23-9-22-15)20-11-2-3-14(20)12-7-18-8-19-13(12)6-11/h1,4-5,7-8,11,14H,2-3,6,9H2. The summed E-state index contributed by atoms with van der Waals surface area (Å²) >= 11 is 0. The Morgan fingerprint density at radius 1 is 1.22 bits per heavy atom. The summed E-state index contributed by atoms with van der Waals surface area (Å²) in [5, 5.41) is 0. The number of carbonyl (C=O) groups is 1. The van der Waals surface area contributed by atoms with Crippen molar-refractivity contribution in [3.05, 3.63) is 47.5 Å². The van der Waals surface area contributed by atoms with E-state index in [0.29, 0.717) is 17.1 Å². The van der Waals surface area contributed by atoms with Gasteiger partial charge in [0.15, 0.2) is 11.5 Å². The average molecular weight is 309 g/mol. The molecule has 0 saturated carbocycles. The molecule has 2 unspecified atom stereocenters. The summed E-state index contributed by atoms with van der Waals surface area (Å²) in [4.78, 5) is 23.6. The molecule has 1 amide bonds. The van der Waals surface area contributed by atoms with Crippen molar-refractivity contribution in [3.8, 4) is 11.5 Å². The molecule has 2 aromatic rings. The van der Waals surface area contributed by atoms with Gasteiger partial charge in [0.25, 0.3) is 5.91 Å². The van der Waals surface area contributed by atoms with Crippen molar-refractivity contribution in [1.29, 1.82) is 0 Å². The molecule has 6 nitrogen and oxygen atoms in total. The molecule has 2 atom stereocenters. The van der Waals surface area contributed by atoms with E-state index in [2.05, 4.69) is 9.97 Å². The van der Waals surface area contributed by atoms with E-state index in [4.69, 9.17) is 9.47 Å². The Bertz CT molecular complexity index is 807. The third kappa shape index (κ3) is 1.84. The van der Waals surface area contributed by atoms with E-state index in [9.17, 15) is 4.79 Å². The van der Waals surface area contributed by atoms with Gasteiger partial charge in [0, 0.05) is 29.8 Å². The summed E-state index contributed by atoms with van der Waals surface area (Å²) in [6, 6.07) is 5.70. The molecule has 1 fully saturated rings.